The molecule has 0 aliphatic heterocycles. The van der Waals surface area contributed by atoms with Crippen LogP contribution in [0, 0.1) is 6.92 Å². The van der Waals surface area contributed by atoms with Crippen molar-refractivity contribution < 1.29 is 9.90 Å². The van der Waals surface area contributed by atoms with Gasteiger partial charge in [0.2, 0.25) is 0 Å². The van der Waals surface area contributed by atoms with Gasteiger partial charge in [0.05, 0.1) is 5.56 Å². The first-order chi connectivity index (χ1) is 6.02. The van der Waals surface area contributed by atoms with Crippen LogP contribution in [0.4, 0.5) is 0 Å². The monoisotopic (exact) mass is 179 g/mol. The molecule has 70 valence electrons. The molecule has 0 saturated heterocycles. The molecule has 0 aromatic heterocycles. The number of hydrogen-bond donors (Lipinski definition) is 2. The van der Waals surface area contributed by atoms with Gasteiger partial charge in [0, 0.05) is 6.04 Å². The zero-order chi connectivity index (χ0) is 10.0. The van der Waals surface area contributed by atoms with Gasteiger partial charge in [-0.1, -0.05) is 17.7 Å². The molecule has 13 heavy (non-hydrogen) atoms. The molecule has 0 aliphatic carbocycles. The van der Waals surface area contributed by atoms with E-state index in [9.17, 15) is 4.79 Å². The predicted molar refractivity (Wildman–Crippen MR) is 50.7 cm³/mol. The lowest BCUT2D eigenvalue weighted by Gasteiger charge is -2.10. The summed E-state index contributed by atoms with van der Waals surface area (Å²) in [6, 6.07) is 4.94. The van der Waals surface area contributed by atoms with Crippen molar-refractivity contribution in [1.29, 1.82) is 0 Å². The molecule has 3 nitrogen and oxygen atoms in total. The van der Waals surface area contributed by atoms with Gasteiger partial charge < -0.3 is 10.8 Å². The molecule has 3 heteroatoms. The lowest BCUT2D eigenvalue weighted by Crippen LogP contribution is -2.11. The Morgan fingerprint density at radius 2 is 2.15 bits per heavy atom. The molecule has 1 aromatic carbocycles. The Balaban J connectivity index is 3.26. The van der Waals surface area contributed by atoms with Gasteiger partial charge in [-0.05, 0) is 25.5 Å². The maximum absolute atomic E-state index is 10.8. The third kappa shape index (κ3) is 2.06. The standard InChI is InChI=1S/C10H13NO2/c1-6-3-4-8(10(12)13)9(5-6)7(2)11/h3-5,7H,11H2,1-2H3,(H,12,13)/t7-/m0/s1. The van der Waals surface area contributed by atoms with Crippen molar-refractivity contribution in [3.05, 3.63) is 34.9 Å². The molecule has 0 saturated carbocycles. The molecule has 1 atom stereocenters. The highest BCUT2D eigenvalue weighted by Gasteiger charge is 2.12. The molecule has 1 rings (SSSR count). The summed E-state index contributed by atoms with van der Waals surface area (Å²) in [6.07, 6.45) is 0. The highest BCUT2D eigenvalue weighted by molar-refractivity contribution is 5.89. The van der Waals surface area contributed by atoms with Gasteiger partial charge >= 0.3 is 5.97 Å². The third-order valence-electron chi connectivity index (χ3n) is 1.93. The minimum atomic E-state index is -0.924. The van der Waals surface area contributed by atoms with Crippen LogP contribution in [0.15, 0.2) is 18.2 Å². The number of carbonyl (C=O) groups is 1. The van der Waals surface area contributed by atoms with Gasteiger partial charge in [-0.25, -0.2) is 4.79 Å². The lowest BCUT2D eigenvalue weighted by atomic mass is 10.00. The lowest BCUT2D eigenvalue weighted by molar-refractivity contribution is 0.0695. The number of carboxylic acid groups (broad SMARTS) is 1. The molecule has 0 aliphatic rings. The summed E-state index contributed by atoms with van der Waals surface area (Å²) < 4.78 is 0. The molecule has 3 N–H and O–H groups in total. The van der Waals surface area contributed by atoms with Crippen LogP contribution in [0.1, 0.15) is 34.5 Å². The van der Waals surface area contributed by atoms with Crippen molar-refractivity contribution in [3.8, 4) is 0 Å². The molecule has 0 heterocycles. The quantitative estimate of drug-likeness (QED) is 0.726. The second-order valence-corrected chi connectivity index (χ2v) is 3.18. The molecular weight excluding hydrogens is 166 g/mol. The fourth-order valence-electron chi connectivity index (χ4n) is 1.25. The maximum atomic E-state index is 10.8. The fraction of sp³-hybridized carbons (Fsp3) is 0.300. The molecule has 0 amide bonds. The van der Waals surface area contributed by atoms with Crippen molar-refractivity contribution in [2.45, 2.75) is 19.9 Å². The first-order valence-electron chi connectivity index (χ1n) is 4.12. The largest absolute Gasteiger partial charge is 0.478 e. The average Bonchev–Trinajstić information content (AvgIpc) is 2.03. The average molecular weight is 179 g/mol. The highest BCUT2D eigenvalue weighted by Crippen LogP contribution is 2.17. The van der Waals surface area contributed by atoms with E-state index in [1.165, 1.54) is 0 Å². The minimum Gasteiger partial charge on any atom is -0.478 e. The van der Waals surface area contributed by atoms with E-state index in [0.29, 0.717) is 11.1 Å². The summed E-state index contributed by atoms with van der Waals surface area (Å²) in [5, 5.41) is 8.85. The second-order valence-electron chi connectivity index (χ2n) is 3.18. The van der Waals surface area contributed by atoms with E-state index in [0.717, 1.165) is 5.56 Å². The van der Waals surface area contributed by atoms with E-state index in [-0.39, 0.29) is 6.04 Å². The van der Waals surface area contributed by atoms with Crippen LogP contribution in [-0.4, -0.2) is 11.1 Å². The summed E-state index contributed by atoms with van der Waals surface area (Å²) in [7, 11) is 0. The summed E-state index contributed by atoms with van der Waals surface area (Å²) in [5.74, 6) is -0.924. The first-order valence-corrected chi connectivity index (χ1v) is 4.12. The Morgan fingerprint density at radius 3 is 2.62 bits per heavy atom. The summed E-state index contributed by atoms with van der Waals surface area (Å²) in [4.78, 5) is 10.8. The number of hydrogen-bond acceptors (Lipinski definition) is 2. The van der Waals surface area contributed by atoms with E-state index in [2.05, 4.69) is 0 Å². The van der Waals surface area contributed by atoms with Crippen LogP contribution in [-0.2, 0) is 0 Å². The van der Waals surface area contributed by atoms with Gasteiger partial charge in [-0.3, -0.25) is 0 Å². The van der Waals surface area contributed by atoms with Crippen molar-refractivity contribution in [3.63, 3.8) is 0 Å². The highest BCUT2D eigenvalue weighted by atomic mass is 16.4. The van der Waals surface area contributed by atoms with Crippen LogP contribution in [0.25, 0.3) is 0 Å². The summed E-state index contributed by atoms with van der Waals surface area (Å²) in [6.45, 7) is 3.69. The molecule has 0 fully saturated rings. The van der Waals surface area contributed by atoms with E-state index < -0.39 is 5.97 Å². The normalized spacial score (nSPS) is 12.5. The zero-order valence-corrected chi connectivity index (χ0v) is 7.74. The molecule has 0 radical (unpaired) electrons. The van der Waals surface area contributed by atoms with Crippen LogP contribution in [0.2, 0.25) is 0 Å². The van der Waals surface area contributed by atoms with Crippen molar-refractivity contribution in [2.24, 2.45) is 5.73 Å². The van der Waals surface area contributed by atoms with Crippen LogP contribution in [0.3, 0.4) is 0 Å². The fourth-order valence-corrected chi connectivity index (χ4v) is 1.25. The first kappa shape index (κ1) is 9.74. The molecule has 0 spiro atoms. The predicted octanol–water partition coefficient (Wildman–Crippen LogP) is 1.71. The van der Waals surface area contributed by atoms with Crippen molar-refractivity contribution in [1.82, 2.24) is 0 Å². The van der Waals surface area contributed by atoms with Crippen LogP contribution in [0.5, 0.6) is 0 Å². The van der Waals surface area contributed by atoms with E-state index in [1.54, 1.807) is 19.1 Å². The van der Waals surface area contributed by atoms with E-state index >= 15 is 0 Å². The van der Waals surface area contributed by atoms with E-state index in [4.69, 9.17) is 10.8 Å². The molecule has 1 aromatic rings. The number of aryl methyl sites for hydroxylation is 1. The van der Waals surface area contributed by atoms with Gasteiger partial charge in [-0.15, -0.1) is 0 Å². The Labute approximate surface area is 77.2 Å². The second kappa shape index (κ2) is 3.58. The number of rotatable bonds is 2. The number of nitrogens with two attached hydrogens (primary N) is 1. The van der Waals surface area contributed by atoms with Crippen molar-refractivity contribution >= 4 is 5.97 Å². The maximum Gasteiger partial charge on any atom is 0.336 e. The van der Waals surface area contributed by atoms with Gasteiger partial charge in [-0.2, -0.15) is 0 Å². The number of carboxylic acids is 1. The van der Waals surface area contributed by atoms with Crippen LogP contribution >= 0.6 is 0 Å². The third-order valence-corrected chi connectivity index (χ3v) is 1.93. The molecule has 0 bridgehead atoms. The van der Waals surface area contributed by atoms with Crippen molar-refractivity contribution in [2.75, 3.05) is 0 Å². The van der Waals surface area contributed by atoms with Gasteiger partial charge in [0.25, 0.3) is 0 Å². The summed E-state index contributed by atoms with van der Waals surface area (Å²) >= 11 is 0. The van der Waals surface area contributed by atoms with Gasteiger partial charge in [0.15, 0.2) is 0 Å². The molecular formula is C10H13NO2. The SMILES string of the molecule is Cc1ccc(C(=O)O)c([C@H](C)N)c1. The minimum absolute atomic E-state index is 0.244. The topological polar surface area (TPSA) is 63.3 Å². The van der Waals surface area contributed by atoms with Crippen LogP contribution < -0.4 is 5.73 Å². The number of benzene rings is 1. The van der Waals surface area contributed by atoms with Gasteiger partial charge in [0.1, 0.15) is 0 Å². The Morgan fingerprint density at radius 1 is 1.54 bits per heavy atom. The zero-order valence-electron chi connectivity index (χ0n) is 7.74. The Kier molecular flexibility index (Phi) is 2.68. The molecule has 0 unspecified atom stereocenters. The Bertz CT molecular complexity index is 332. The van der Waals surface area contributed by atoms with E-state index in [1.807, 2.05) is 13.0 Å². The number of aromatic carboxylic acids is 1. The Hall–Kier alpha value is -1.35. The summed E-state index contributed by atoms with van der Waals surface area (Å²) in [5.41, 5.74) is 7.66. The smallest absolute Gasteiger partial charge is 0.336 e.